The van der Waals surface area contributed by atoms with Gasteiger partial charge in [-0.3, -0.25) is 0 Å². The van der Waals surface area contributed by atoms with Gasteiger partial charge in [-0.05, 0) is 49.3 Å². The van der Waals surface area contributed by atoms with E-state index in [9.17, 15) is 0 Å². The first-order valence-electron chi connectivity index (χ1n) is 7.30. The fraction of sp³-hybridized carbons (Fsp3) is 0.333. The van der Waals surface area contributed by atoms with Crippen LogP contribution in [0.15, 0.2) is 54.6 Å². The van der Waals surface area contributed by atoms with Gasteiger partial charge in [0.15, 0.2) is 0 Å². The van der Waals surface area contributed by atoms with Crippen LogP contribution in [0.25, 0.3) is 0 Å². The van der Waals surface area contributed by atoms with Crippen LogP contribution in [0.1, 0.15) is 30.4 Å². The molecule has 1 aliphatic heterocycles. The van der Waals surface area contributed by atoms with E-state index in [0.29, 0.717) is 6.04 Å². The predicted octanol–water partition coefficient (Wildman–Crippen LogP) is 4.44. The maximum Gasteiger partial charge on any atom is 0.0374 e. The number of nitrogens with one attached hydrogen (secondary N) is 1. The molecule has 1 aliphatic rings. The minimum atomic E-state index is 0.651. The fourth-order valence-electron chi connectivity index (χ4n) is 2.91. The topological polar surface area (TPSA) is 12.0 Å². The molecule has 0 bridgehead atoms. The molecular weight excluding hydrogens is 230 g/mol. The highest BCUT2D eigenvalue weighted by Gasteiger charge is 2.16. The van der Waals surface area contributed by atoms with Gasteiger partial charge in [0.2, 0.25) is 0 Å². The van der Waals surface area contributed by atoms with E-state index in [1.54, 1.807) is 0 Å². The van der Waals surface area contributed by atoms with Crippen LogP contribution in [0.4, 0.5) is 5.69 Å². The molecule has 3 rings (SSSR count). The molecule has 0 aliphatic carbocycles. The van der Waals surface area contributed by atoms with E-state index in [1.807, 2.05) is 0 Å². The predicted molar refractivity (Wildman–Crippen MR) is 81.6 cm³/mol. The summed E-state index contributed by atoms with van der Waals surface area (Å²) in [6.45, 7) is 0. The summed E-state index contributed by atoms with van der Waals surface area (Å²) in [5, 5.41) is 3.68. The van der Waals surface area contributed by atoms with Crippen LogP contribution in [0, 0.1) is 0 Å². The molecule has 19 heavy (non-hydrogen) atoms. The Morgan fingerprint density at radius 3 is 2.63 bits per heavy atom. The summed E-state index contributed by atoms with van der Waals surface area (Å²) in [4.78, 5) is 0. The lowest BCUT2D eigenvalue weighted by Gasteiger charge is -2.27. The van der Waals surface area contributed by atoms with Crippen molar-refractivity contribution in [2.24, 2.45) is 0 Å². The van der Waals surface area contributed by atoms with Crippen molar-refractivity contribution in [3.63, 3.8) is 0 Å². The van der Waals surface area contributed by atoms with Crippen molar-refractivity contribution in [2.45, 2.75) is 38.1 Å². The van der Waals surface area contributed by atoms with E-state index < -0.39 is 0 Å². The SMILES string of the molecule is c1ccc(CCCC2CCc3ccccc3N2)cc1. The van der Waals surface area contributed by atoms with Gasteiger partial charge in [-0.2, -0.15) is 0 Å². The number of anilines is 1. The number of fused-ring (bicyclic) bond motifs is 1. The first-order chi connectivity index (χ1) is 9.42. The Hall–Kier alpha value is -1.76. The average molecular weight is 251 g/mol. The number of benzene rings is 2. The zero-order chi connectivity index (χ0) is 12.9. The number of hydrogen-bond donors (Lipinski definition) is 1. The third-order valence-electron chi connectivity index (χ3n) is 4.00. The monoisotopic (exact) mass is 251 g/mol. The minimum Gasteiger partial charge on any atom is -0.382 e. The summed E-state index contributed by atoms with van der Waals surface area (Å²) >= 11 is 0. The number of hydrogen-bond acceptors (Lipinski definition) is 1. The van der Waals surface area contributed by atoms with Gasteiger partial charge in [-0.15, -0.1) is 0 Å². The number of aryl methyl sites for hydroxylation is 2. The summed E-state index contributed by atoms with van der Waals surface area (Å²) in [5.41, 5.74) is 4.28. The summed E-state index contributed by atoms with van der Waals surface area (Å²) in [6, 6.07) is 20.2. The zero-order valence-electron chi connectivity index (χ0n) is 11.3. The lowest BCUT2D eigenvalue weighted by atomic mass is 9.94. The Morgan fingerprint density at radius 2 is 1.74 bits per heavy atom. The Labute approximate surface area is 115 Å². The molecule has 1 N–H and O–H groups in total. The molecule has 0 saturated heterocycles. The third-order valence-corrected chi connectivity index (χ3v) is 4.00. The van der Waals surface area contributed by atoms with Gasteiger partial charge < -0.3 is 5.32 Å². The van der Waals surface area contributed by atoms with Crippen LogP contribution in [0.3, 0.4) is 0 Å². The van der Waals surface area contributed by atoms with Crippen molar-refractivity contribution in [1.82, 2.24) is 0 Å². The molecule has 1 unspecified atom stereocenters. The molecule has 1 nitrogen and oxygen atoms in total. The molecule has 0 fully saturated rings. The lowest BCUT2D eigenvalue weighted by molar-refractivity contribution is 0.563. The van der Waals surface area contributed by atoms with Crippen molar-refractivity contribution in [2.75, 3.05) is 5.32 Å². The molecule has 2 aromatic carbocycles. The van der Waals surface area contributed by atoms with Crippen LogP contribution < -0.4 is 5.32 Å². The summed E-state index contributed by atoms with van der Waals surface area (Å²) in [5.74, 6) is 0. The molecule has 1 heteroatoms. The largest absolute Gasteiger partial charge is 0.382 e. The molecule has 1 atom stereocenters. The van der Waals surface area contributed by atoms with Crippen LogP contribution in [0.5, 0.6) is 0 Å². The van der Waals surface area contributed by atoms with Gasteiger partial charge in [0, 0.05) is 11.7 Å². The van der Waals surface area contributed by atoms with Crippen molar-refractivity contribution < 1.29 is 0 Å². The molecule has 98 valence electrons. The second-order valence-corrected chi connectivity index (χ2v) is 5.41. The van der Waals surface area contributed by atoms with E-state index >= 15 is 0 Å². The Balaban J connectivity index is 1.50. The van der Waals surface area contributed by atoms with Crippen LogP contribution in [0.2, 0.25) is 0 Å². The van der Waals surface area contributed by atoms with Crippen molar-refractivity contribution >= 4 is 5.69 Å². The molecule has 0 saturated carbocycles. The highest BCUT2D eigenvalue weighted by molar-refractivity contribution is 5.53. The molecule has 0 aromatic heterocycles. The van der Waals surface area contributed by atoms with Crippen LogP contribution >= 0.6 is 0 Å². The maximum absolute atomic E-state index is 3.68. The fourth-order valence-corrected chi connectivity index (χ4v) is 2.91. The summed E-state index contributed by atoms with van der Waals surface area (Å²) in [6.07, 6.45) is 6.22. The smallest absolute Gasteiger partial charge is 0.0374 e. The van der Waals surface area contributed by atoms with Crippen LogP contribution in [-0.4, -0.2) is 6.04 Å². The average Bonchev–Trinajstić information content (AvgIpc) is 2.48. The normalized spacial score (nSPS) is 17.6. The highest BCUT2D eigenvalue weighted by Crippen LogP contribution is 2.26. The molecule has 0 amide bonds. The molecule has 1 heterocycles. The first-order valence-corrected chi connectivity index (χ1v) is 7.30. The van der Waals surface area contributed by atoms with E-state index in [1.165, 1.54) is 48.9 Å². The Kier molecular flexibility index (Phi) is 3.83. The molecule has 2 aromatic rings. The van der Waals surface area contributed by atoms with Crippen molar-refractivity contribution in [1.29, 1.82) is 0 Å². The van der Waals surface area contributed by atoms with Crippen LogP contribution in [-0.2, 0) is 12.8 Å². The summed E-state index contributed by atoms with van der Waals surface area (Å²) < 4.78 is 0. The van der Waals surface area contributed by atoms with Gasteiger partial charge in [-0.25, -0.2) is 0 Å². The minimum absolute atomic E-state index is 0.651. The van der Waals surface area contributed by atoms with Gasteiger partial charge >= 0.3 is 0 Å². The van der Waals surface area contributed by atoms with Gasteiger partial charge in [-0.1, -0.05) is 48.5 Å². The second-order valence-electron chi connectivity index (χ2n) is 5.41. The summed E-state index contributed by atoms with van der Waals surface area (Å²) in [7, 11) is 0. The van der Waals surface area contributed by atoms with Crippen molar-refractivity contribution in [3.05, 3.63) is 65.7 Å². The Morgan fingerprint density at radius 1 is 0.947 bits per heavy atom. The van der Waals surface area contributed by atoms with E-state index in [0.717, 1.165) is 0 Å². The second kappa shape index (κ2) is 5.92. The Bertz CT molecular complexity index is 518. The van der Waals surface area contributed by atoms with Gasteiger partial charge in [0.1, 0.15) is 0 Å². The molecule has 0 radical (unpaired) electrons. The van der Waals surface area contributed by atoms with E-state index in [4.69, 9.17) is 0 Å². The van der Waals surface area contributed by atoms with E-state index in [2.05, 4.69) is 59.9 Å². The van der Waals surface area contributed by atoms with Gasteiger partial charge in [0.25, 0.3) is 0 Å². The van der Waals surface area contributed by atoms with E-state index in [-0.39, 0.29) is 0 Å². The molecular formula is C18H21N. The first kappa shape index (κ1) is 12.3. The van der Waals surface area contributed by atoms with Gasteiger partial charge in [0.05, 0.1) is 0 Å². The molecule has 0 spiro atoms. The number of rotatable bonds is 4. The standard InChI is InChI=1S/C18H21N/c1-2-7-15(8-3-1)9-6-11-17-14-13-16-10-4-5-12-18(16)19-17/h1-5,7-8,10,12,17,19H,6,9,11,13-14H2. The quantitative estimate of drug-likeness (QED) is 0.847. The lowest BCUT2D eigenvalue weighted by Crippen LogP contribution is -2.25. The highest BCUT2D eigenvalue weighted by atomic mass is 14.9. The van der Waals surface area contributed by atoms with Crippen molar-refractivity contribution in [3.8, 4) is 0 Å². The maximum atomic E-state index is 3.68. The zero-order valence-corrected chi connectivity index (χ0v) is 11.3. The number of para-hydroxylation sites is 1. The third kappa shape index (κ3) is 3.17.